The van der Waals surface area contributed by atoms with Crippen molar-refractivity contribution in [3.63, 3.8) is 0 Å². The first-order valence-corrected chi connectivity index (χ1v) is 8.12. The number of oxazole rings is 1. The topological polar surface area (TPSA) is 68.0 Å². The molecule has 1 amide bonds. The molecule has 0 saturated heterocycles. The number of hydrogen-bond acceptors (Lipinski definition) is 4. The Morgan fingerprint density at radius 2 is 2.00 bits per heavy atom. The van der Waals surface area contributed by atoms with Crippen molar-refractivity contribution in [3.8, 4) is 11.3 Å². The zero-order valence-electron chi connectivity index (χ0n) is 14.1. The highest BCUT2D eigenvalue weighted by Gasteiger charge is 2.14. The molecule has 5 nitrogen and oxygen atoms in total. The molecule has 0 bridgehead atoms. The molecule has 1 aromatic carbocycles. The van der Waals surface area contributed by atoms with Gasteiger partial charge in [-0.2, -0.15) is 0 Å². The molecule has 0 saturated carbocycles. The Kier molecular flexibility index (Phi) is 5.36. The average Bonchev–Trinajstić information content (AvgIpc) is 3.09. The van der Waals surface area contributed by atoms with E-state index in [0.717, 1.165) is 17.7 Å². The highest BCUT2D eigenvalue weighted by molar-refractivity contribution is 5.76. The van der Waals surface area contributed by atoms with Gasteiger partial charge in [-0.05, 0) is 36.8 Å². The summed E-state index contributed by atoms with van der Waals surface area (Å²) in [5, 5.41) is 2.88. The van der Waals surface area contributed by atoms with Gasteiger partial charge in [0.2, 0.25) is 5.91 Å². The Balaban J connectivity index is 1.57. The molecule has 3 rings (SSSR count). The zero-order valence-corrected chi connectivity index (χ0v) is 14.1. The highest BCUT2D eigenvalue weighted by Crippen LogP contribution is 2.24. The Bertz CT molecular complexity index is 897. The second-order valence-electron chi connectivity index (χ2n) is 5.81. The standard InChI is InChI=1S/C19H17F2N3O2/c1-12(13-6-8-22-9-7-13)24-18(25)4-5-19-23-11-17(26-19)15-3-2-14(20)10-16(15)21/h2-3,6-12H,4-5H2,1H3,(H,24,25)/t12-/m0/s1. The summed E-state index contributed by atoms with van der Waals surface area (Å²) in [6.45, 7) is 1.88. The Hall–Kier alpha value is -3.09. The van der Waals surface area contributed by atoms with Crippen LogP contribution in [0.5, 0.6) is 0 Å². The number of pyridine rings is 1. The van der Waals surface area contributed by atoms with Gasteiger partial charge < -0.3 is 9.73 Å². The van der Waals surface area contributed by atoms with E-state index in [1.807, 2.05) is 19.1 Å². The molecule has 26 heavy (non-hydrogen) atoms. The summed E-state index contributed by atoms with van der Waals surface area (Å²) < 4.78 is 32.2. The molecule has 2 aromatic heterocycles. The summed E-state index contributed by atoms with van der Waals surface area (Å²) >= 11 is 0. The quantitative estimate of drug-likeness (QED) is 0.728. The van der Waals surface area contributed by atoms with Gasteiger partial charge in [-0.1, -0.05) is 0 Å². The summed E-state index contributed by atoms with van der Waals surface area (Å²) in [4.78, 5) is 20.1. The maximum Gasteiger partial charge on any atom is 0.220 e. The van der Waals surface area contributed by atoms with Crippen molar-refractivity contribution in [1.29, 1.82) is 0 Å². The molecule has 1 atom stereocenters. The third kappa shape index (κ3) is 4.30. The SMILES string of the molecule is C[C@H](NC(=O)CCc1ncc(-c2ccc(F)cc2F)o1)c1ccncc1. The van der Waals surface area contributed by atoms with Gasteiger partial charge in [0.1, 0.15) is 11.6 Å². The lowest BCUT2D eigenvalue weighted by Gasteiger charge is -2.13. The summed E-state index contributed by atoms with van der Waals surface area (Å²) in [6.07, 6.45) is 5.16. The number of carbonyl (C=O) groups is 1. The van der Waals surface area contributed by atoms with Gasteiger partial charge in [0.15, 0.2) is 11.7 Å². The number of amides is 1. The first-order chi connectivity index (χ1) is 12.5. The third-order valence-electron chi connectivity index (χ3n) is 3.90. The van der Waals surface area contributed by atoms with Crippen molar-refractivity contribution in [3.05, 3.63) is 72.0 Å². The van der Waals surface area contributed by atoms with Crippen LogP contribution in [0.25, 0.3) is 11.3 Å². The van der Waals surface area contributed by atoms with Crippen LogP contribution in [-0.4, -0.2) is 15.9 Å². The van der Waals surface area contributed by atoms with Gasteiger partial charge in [-0.15, -0.1) is 0 Å². The van der Waals surface area contributed by atoms with Crippen molar-refractivity contribution >= 4 is 5.91 Å². The summed E-state index contributed by atoms with van der Waals surface area (Å²) in [5.74, 6) is -1.02. The number of rotatable bonds is 6. The fourth-order valence-electron chi connectivity index (χ4n) is 2.51. The van der Waals surface area contributed by atoms with Gasteiger partial charge in [0.05, 0.1) is 17.8 Å². The van der Waals surface area contributed by atoms with Crippen molar-refractivity contribution in [1.82, 2.24) is 15.3 Å². The molecule has 0 aliphatic carbocycles. The fraction of sp³-hybridized carbons (Fsp3) is 0.211. The lowest BCUT2D eigenvalue weighted by Crippen LogP contribution is -2.26. The van der Waals surface area contributed by atoms with E-state index in [1.54, 1.807) is 12.4 Å². The van der Waals surface area contributed by atoms with Crippen molar-refractivity contribution in [2.24, 2.45) is 0 Å². The van der Waals surface area contributed by atoms with E-state index in [2.05, 4.69) is 15.3 Å². The summed E-state index contributed by atoms with van der Waals surface area (Å²) in [6, 6.07) is 6.75. The second-order valence-corrected chi connectivity index (χ2v) is 5.81. The van der Waals surface area contributed by atoms with Crippen LogP contribution in [-0.2, 0) is 11.2 Å². The molecular weight excluding hydrogens is 340 g/mol. The molecule has 0 fully saturated rings. The van der Waals surface area contributed by atoms with Crippen molar-refractivity contribution < 1.29 is 18.0 Å². The second kappa shape index (κ2) is 7.86. The first kappa shape index (κ1) is 17.7. The molecule has 2 heterocycles. The van der Waals surface area contributed by atoms with Crippen LogP contribution in [0.15, 0.2) is 53.3 Å². The number of carbonyl (C=O) groups excluding carboxylic acids is 1. The van der Waals surface area contributed by atoms with E-state index in [-0.39, 0.29) is 36.1 Å². The van der Waals surface area contributed by atoms with Gasteiger partial charge >= 0.3 is 0 Å². The minimum Gasteiger partial charge on any atom is -0.441 e. The Labute approximate surface area is 149 Å². The number of nitrogens with one attached hydrogen (secondary N) is 1. The molecule has 7 heteroatoms. The summed E-state index contributed by atoms with van der Waals surface area (Å²) in [5.41, 5.74) is 1.08. The summed E-state index contributed by atoms with van der Waals surface area (Å²) in [7, 11) is 0. The number of aryl methyl sites for hydroxylation is 1. The van der Waals surface area contributed by atoms with E-state index in [9.17, 15) is 13.6 Å². The lowest BCUT2D eigenvalue weighted by molar-refractivity contribution is -0.121. The van der Waals surface area contributed by atoms with E-state index in [1.165, 1.54) is 12.3 Å². The minimum absolute atomic E-state index is 0.126. The Morgan fingerprint density at radius 1 is 1.23 bits per heavy atom. The molecule has 3 aromatic rings. The van der Waals surface area contributed by atoms with Crippen LogP contribution < -0.4 is 5.32 Å². The first-order valence-electron chi connectivity index (χ1n) is 8.12. The largest absolute Gasteiger partial charge is 0.441 e. The minimum atomic E-state index is -0.725. The number of aromatic nitrogens is 2. The fourth-order valence-corrected chi connectivity index (χ4v) is 2.51. The number of benzene rings is 1. The van der Waals surface area contributed by atoms with Crippen LogP contribution >= 0.6 is 0 Å². The molecule has 0 spiro atoms. The third-order valence-corrected chi connectivity index (χ3v) is 3.90. The van der Waals surface area contributed by atoms with Crippen molar-refractivity contribution in [2.75, 3.05) is 0 Å². The van der Waals surface area contributed by atoms with E-state index in [0.29, 0.717) is 5.89 Å². The predicted octanol–water partition coefficient (Wildman–Crippen LogP) is 3.82. The lowest BCUT2D eigenvalue weighted by atomic mass is 10.1. The van der Waals surface area contributed by atoms with Gasteiger partial charge in [-0.3, -0.25) is 9.78 Å². The van der Waals surface area contributed by atoms with Crippen molar-refractivity contribution in [2.45, 2.75) is 25.8 Å². The van der Waals surface area contributed by atoms with E-state index >= 15 is 0 Å². The molecule has 134 valence electrons. The van der Waals surface area contributed by atoms with Crippen LogP contribution in [0.1, 0.15) is 30.8 Å². The van der Waals surface area contributed by atoms with Crippen LogP contribution in [0.2, 0.25) is 0 Å². The zero-order chi connectivity index (χ0) is 18.5. The molecular formula is C19H17F2N3O2. The molecule has 0 aliphatic rings. The van der Waals surface area contributed by atoms with Crippen LogP contribution in [0, 0.1) is 11.6 Å². The number of nitrogens with zero attached hydrogens (tertiary/aromatic N) is 2. The Morgan fingerprint density at radius 3 is 2.73 bits per heavy atom. The highest BCUT2D eigenvalue weighted by atomic mass is 19.1. The molecule has 0 unspecified atom stereocenters. The van der Waals surface area contributed by atoms with Gasteiger partial charge in [-0.25, -0.2) is 13.8 Å². The predicted molar refractivity (Wildman–Crippen MR) is 91.0 cm³/mol. The molecule has 0 aliphatic heterocycles. The molecule has 0 radical (unpaired) electrons. The number of halogens is 2. The smallest absolute Gasteiger partial charge is 0.220 e. The monoisotopic (exact) mass is 357 g/mol. The maximum atomic E-state index is 13.8. The maximum absolute atomic E-state index is 13.8. The normalized spacial score (nSPS) is 12.0. The van der Waals surface area contributed by atoms with Gasteiger partial charge in [0, 0.05) is 31.3 Å². The van der Waals surface area contributed by atoms with Crippen LogP contribution in [0.4, 0.5) is 8.78 Å². The van der Waals surface area contributed by atoms with Crippen LogP contribution in [0.3, 0.4) is 0 Å². The van der Waals surface area contributed by atoms with E-state index in [4.69, 9.17) is 4.42 Å². The molecule has 1 N–H and O–H groups in total. The number of hydrogen-bond donors (Lipinski definition) is 1. The van der Waals surface area contributed by atoms with E-state index < -0.39 is 11.6 Å². The van der Waals surface area contributed by atoms with Gasteiger partial charge in [0.25, 0.3) is 0 Å². The average molecular weight is 357 g/mol.